The molecule has 0 atom stereocenters. The summed E-state index contributed by atoms with van der Waals surface area (Å²) >= 11 is 0. The molecule has 2 N–H and O–H groups in total. The summed E-state index contributed by atoms with van der Waals surface area (Å²) in [4.78, 5) is 19.5. The third kappa shape index (κ3) is 5.17. The Bertz CT molecular complexity index is 972. The first-order chi connectivity index (χ1) is 13.9. The predicted molar refractivity (Wildman–Crippen MR) is 114 cm³/mol. The van der Waals surface area contributed by atoms with Crippen molar-refractivity contribution in [1.29, 1.82) is 0 Å². The summed E-state index contributed by atoms with van der Waals surface area (Å²) in [6.07, 6.45) is 5.06. The Hall–Kier alpha value is -2.81. The summed E-state index contributed by atoms with van der Waals surface area (Å²) < 4.78 is 31.4. The summed E-state index contributed by atoms with van der Waals surface area (Å²) in [5, 5.41) is 2.85. The third-order valence-corrected chi connectivity index (χ3v) is 6.08. The van der Waals surface area contributed by atoms with Crippen molar-refractivity contribution in [2.24, 2.45) is 0 Å². The van der Waals surface area contributed by atoms with E-state index < -0.39 is 10.0 Å². The number of amides is 1. The van der Waals surface area contributed by atoms with Crippen LogP contribution in [0.1, 0.15) is 36.5 Å². The van der Waals surface area contributed by atoms with Crippen molar-refractivity contribution in [3.05, 3.63) is 42.1 Å². The molecule has 1 fully saturated rings. The fourth-order valence-corrected chi connectivity index (χ4v) is 3.87. The molecule has 29 heavy (non-hydrogen) atoms. The zero-order chi connectivity index (χ0) is 20.9. The average molecular weight is 419 g/mol. The van der Waals surface area contributed by atoms with Crippen LogP contribution in [0.2, 0.25) is 0 Å². The number of hydrogen-bond donors (Lipinski definition) is 2. The van der Waals surface area contributed by atoms with Crippen LogP contribution >= 0.6 is 0 Å². The van der Waals surface area contributed by atoms with Crippen LogP contribution in [-0.2, 0) is 10.0 Å². The standard InChI is InChI=1S/C20H26N4O4S/c1-3-29(26,27)23-17-10-9-15(14-18(17)28-2)22-20(25)16-8-7-11-21-19(16)24-12-5-4-6-13-24/h7-11,14,23H,3-6,12-13H2,1-2H3,(H,22,25). The van der Waals surface area contributed by atoms with Crippen LogP contribution in [0.5, 0.6) is 5.75 Å². The summed E-state index contributed by atoms with van der Waals surface area (Å²) in [7, 11) is -1.99. The smallest absolute Gasteiger partial charge is 0.259 e. The monoisotopic (exact) mass is 418 g/mol. The Labute approximate surface area is 171 Å². The Balaban J connectivity index is 1.81. The minimum Gasteiger partial charge on any atom is -0.494 e. The lowest BCUT2D eigenvalue weighted by atomic mass is 10.1. The molecule has 0 spiro atoms. The highest BCUT2D eigenvalue weighted by Crippen LogP contribution is 2.30. The number of pyridine rings is 1. The number of ether oxygens (including phenoxy) is 1. The van der Waals surface area contributed by atoms with Crippen molar-refractivity contribution in [3.8, 4) is 5.75 Å². The van der Waals surface area contributed by atoms with E-state index in [1.807, 2.05) is 0 Å². The number of piperidine rings is 1. The van der Waals surface area contributed by atoms with Gasteiger partial charge in [0.15, 0.2) is 0 Å². The second-order valence-corrected chi connectivity index (χ2v) is 8.81. The van der Waals surface area contributed by atoms with Gasteiger partial charge < -0.3 is 15.0 Å². The highest BCUT2D eigenvalue weighted by molar-refractivity contribution is 7.92. The van der Waals surface area contributed by atoms with Gasteiger partial charge in [-0.2, -0.15) is 0 Å². The predicted octanol–water partition coefficient (Wildman–Crippen LogP) is 3.09. The number of anilines is 3. The van der Waals surface area contributed by atoms with E-state index in [1.54, 1.807) is 43.5 Å². The molecular formula is C20H26N4O4S. The maximum atomic E-state index is 12.9. The van der Waals surface area contributed by atoms with Gasteiger partial charge in [-0.3, -0.25) is 9.52 Å². The van der Waals surface area contributed by atoms with Crippen LogP contribution in [0.15, 0.2) is 36.5 Å². The first-order valence-electron chi connectivity index (χ1n) is 9.63. The number of nitrogens with one attached hydrogen (secondary N) is 2. The normalized spacial score (nSPS) is 14.3. The van der Waals surface area contributed by atoms with Crippen LogP contribution in [0.25, 0.3) is 0 Å². The van der Waals surface area contributed by atoms with Crippen LogP contribution in [0, 0.1) is 0 Å². The molecule has 1 aromatic heterocycles. The Morgan fingerprint density at radius 3 is 2.66 bits per heavy atom. The van der Waals surface area contributed by atoms with Crippen molar-refractivity contribution in [1.82, 2.24) is 4.98 Å². The van der Waals surface area contributed by atoms with Crippen LogP contribution in [0.4, 0.5) is 17.2 Å². The maximum Gasteiger partial charge on any atom is 0.259 e. The van der Waals surface area contributed by atoms with Crippen molar-refractivity contribution in [3.63, 3.8) is 0 Å². The fraction of sp³-hybridized carbons (Fsp3) is 0.400. The summed E-state index contributed by atoms with van der Waals surface area (Å²) in [5.74, 6) is 0.684. The Morgan fingerprint density at radius 1 is 1.21 bits per heavy atom. The zero-order valence-corrected chi connectivity index (χ0v) is 17.5. The van der Waals surface area contributed by atoms with Crippen LogP contribution in [0.3, 0.4) is 0 Å². The molecule has 1 amide bonds. The molecule has 2 heterocycles. The number of rotatable bonds is 7. The summed E-state index contributed by atoms with van der Waals surface area (Å²) in [6.45, 7) is 3.33. The zero-order valence-electron chi connectivity index (χ0n) is 16.6. The molecule has 156 valence electrons. The Morgan fingerprint density at radius 2 is 1.97 bits per heavy atom. The number of methoxy groups -OCH3 is 1. The molecule has 0 unspecified atom stereocenters. The number of benzene rings is 1. The minimum atomic E-state index is -3.43. The SMILES string of the molecule is CCS(=O)(=O)Nc1ccc(NC(=O)c2cccnc2N2CCCCC2)cc1OC. The van der Waals surface area contributed by atoms with Gasteiger partial charge in [-0.1, -0.05) is 0 Å². The third-order valence-electron chi connectivity index (χ3n) is 4.79. The van der Waals surface area contributed by atoms with E-state index in [1.165, 1.54) is 13.5 Å². The molecule has 0 saturated carbocycles. The molecular weight excluding hydrogens is 392 g/mol. The highest BCUT2D eigenvalue weighted by atomic mass is 32.2. The van der Waals surface area contributed by atoms with Crippen molar-refractivity contribution in [2.75, 3.05) is 40.9 Å². The van der Waals surface area contributed by atoms with Crippen molar-refractivity contribution >= 4 is 33.1 Å². The summed E-state index contributed by atoms with van der Waals surface area (Å²) in [6, 6.07) is 8.28. The minimum absolute atomic E-state index is 0.0467. The number of carbonyl (C=O) groups excluding carboxylic acids is 1. The second-order valence-electron chi connectivity index (χ2n) is 6.80. The number of aromatic nitrogens is 1. The molecule has 1 saturated heterocycles. The molecule has 0 bridgehead atoms. The van der Waals surface area contributed by atoms with Gasteiger partial charge in [-0.25, -0.2) is 13.4 Å². The van der Waals surface area contributed by atoms with Crippen molar-refractivity contribution in [2.45, 2.75) is 26.2 Å². The highest BCUT2D eigenvalue weighted by Gasteiger charge is 2.20. The fourth-order valence-electron chi connectivity index (χ4n) is 3.22. The van der Waals surface area contributed by atoms with E-state index in [0.717, 1.165) is 25.9 Å². The largest absolute Gasteiger partial charge is 0.494 e. The van der Waals surface area contributed by atoms with E-state index in [4.69, 9.17) is 4.74 Å². The van der Waals surface area contributed by atoms with E-state index in [9.17, 15) is 13.2 Å². The molecule has 0 aliphatic carbocycles. The molecule has 0 radical (unpaired) electrons. The lowest BCUT2D eigenvalue weighted by Crippen LogP contribution is -2.32. The van der Waals surface area contributed by atoms with Gasteiger partial charge in [-0.05, 0) is 50.5 Å². The quantitative estimate of drug-likeness (QED) is 0.717. The van der Waals surface area contributed by atoms with E-state index in [2.05, 4.69) is 19.9 Å². The number of nitrogens with zero attached hydrogens (tertiary/aromatic N) is 2. The van der Waals surface area contributed by atoms with Gasteiger partial charge >= 0.3 is 0 Å². The number of sulfonamides is 1. The first kappa shape index (κ1) is 20.9. The molecule has 9 heteroatoms. The van der Waals surface area contributed by atoms with Gasteiger partial charge in [-0.15, -0.1) is 0 Å². The van der Waals surface area contributed by atoms with Gasteiger partial charge in [0, 0.05) is 31.0 Å². The lowest BCUT2D eigenvalue weighted by Gasteiger charge is -2.29. The van der Waals surface area contributed by atoms with Gasteiger partial charge in [0.1, 0.15) is 11.6 Å². The first-order valence-corrected chi connectivity index (χ1v) is 11.3. The van der Waals surface area contributed by atoms with Gasteiger partial charge in [0.25, 0.3) is 5.91 Å². The lowest BCUT2D eigenvalue weighted by molar-refractivity contribution is 0.102. The second kappa shape index (κ2) is 9.13. The maximum absolute atomic E-state index is 12.9. The topological polar surface area (TPSA) is 101 Å². The number of carbonyl (C=O) groups is 1. The van der Waals surface area contributed by atoms with E-state index in [0.29, 0.717) is 28.5 Å². The van der Waals surface area contributed by atoms with Gasteiger partial charge in [0.2, 0.25) is 10.0 Å². The van der Waals surface area contributed by atoms with E-state index >= 15 is 0 Å². The van der Waals surface area contributed by atoms with E-state index in [-0.39, 0.29) is 11.7 Å². The number of hydrogen-bond acceptors (Lipinski definition) is 6. The summed E-state index contributed by atoms with van der Waals surface area (Å²) in [5.41, 5.74) is 1.33. The molecule has 1 aliphatic rings. The molecule has 1 aliphatic heterocycles. The van der Waals surface area contributed by atoms with Crippen molar-refractivity contribution < 1.29 is 17.9 Å². The molecule has 2 aromatic rings. The van der Waals surface area contributed by atoms with Gasteiger partial charge in [0.05, 0.1) is 24.1 Å². The Kier molecular flexibility index (Phi) is 6.58. The molecule has 8 nitrogen and oxygen atoms in total. The molecule has 3 rings (SSSR count). The molecule has 1 aromatic carbocycles. The van der Waals surface area contributed by atoms with Crippen LogP contribution < -0.4 is 19.7 Å². The van der Waals surface area contributed by atoms with Crippen LogP contribution in [-0.4, -0.2) is 45.3 Å². The average Bonchev–Trinajstić information content (AvgIpc) is 2.75.